The first kappa shape index (κ1) is 13.7. The van der Waals surface area contributed by atoms with Gasteiger partial charge in [0.15, 0.2) is 0 Å². The summed E-state index contributed by atoms with van der Waals surface area (Å²) in [6.45, 7) is 2.85. The van der Waals surface area contributed by atoms with Crippen molar-refractivity contribution in [2.45, 2.75) is 57.8 Å². The van der Waals surface area contributed by atoms with E-state index in [-0.39, 0.29) is 0 Å². The average Bonchev–Trinajstić information content (AvgIpc) is 3.32. The minimum absolute atomic E-state index is 0.555. The molecule has 110 valence electrons. The van der Waals surface area contributed by atoms with Crippen LogP contribution in [0.1, 0.15) is 62.3 Å². The van der Waals surface area contributed by atoms with Crippen molar-refractivity contribution in [1.82, 2.24) is 9.97 Å². The lowest BCUT2D eigenvalue weighted by molar-refractivity contribution is 0.201. The van der Waals surface area contributed by atoms with E-state index in [2.05, 4.69) is 15.3 Å². The van der Waals surface area contributed by atoms with Crippen molar-refractivity contribution in [2.75, 3.05) is 19.0 Å². The minimum atomic E-state index is 0.555. The molecule has 0 unspecified atom stereocenters. The van der Waals surface area contributed by atoms with Gasteiger partial charge in [-0.3, -0.25) is 0 Å². The zero-order chi connectivity index (χ0) is 13.9. The largest absolute Gasteiger partial charge is 0.477 e. The second-order valence-corrected chi connectivity index (χ2v) is 6.20. The Bertz CT molecular complexity index is 465. The average molecular weight is 275 g/mol. The summed E-state index contributed by atoms with van der Waals surface area (Å²) in [5.74, 6) is 3.93. The number of nitrogens with zero attached hydrogens (tertiary/aromatic N) is 2. The van der Waals surface area contributed by atoms with Gasteiger partial charge < -0.3 is 10.1 Å². The van der Waals surface area contributed by atoms with E-state index in [1.165, 1.54) is 44.9 Å². The van der Waals surface area contributed by atoms with E-state index in [1.807, 2.05) is 14.0 Å². The number of anilines is 1. The molecule has 2 saturated carbocycles. The molecule has 1 aromatic heterocycles. The highest BCUT2D eigenvalue weighted by Gasteiger charge is 2.28. The molecule has 4 nitrogen and oxygen atoms in total. The highest BCUT2D eigenvalue weighted by molar-refractivity contribution is 5.48. The third-order valence-corrected chi connectivity index (χ3v) is 4.48. The van der Waals surface area contributed by atoms with E-state index in [9.17, 15) is 0 Å². The number of nitrogens with one attached hydrogen (secondary N) is 1. The maximum absolute atomic E-state index is 6.05. The molecule has 0 aliphatic heterocycles. The maximum atomic E-state index is 6.05. The van der Waals surface area contributed by atoms with Gasteiger partial charge in [0.05, 0.1) is 12.2 Å². The van der Waals surface area contributed by atoms with E-state index >= 15 is 0 Å². The van der Waals surface area contributed by atoms with Crippen molar-refractivity contribution in [2.24, 2.45) is 5.92 Å². The second kappa shape index (κ2) is 5.98. The van der Waals surface area contributed by atoms with Gasteiger partial charge in [0, 0.05) is 13.0 Å². The van der Waals surface area contributed by atoms with Gasteiger partial charge in [-0.1, -0.05) is 19.3 Å². The van der Waals surface area contributed by atoms with Gasteiger partial charge in [0.25, 0.3) is 0 Å². The molecular formula is C16H25N3O. The standard InChI is InChI=1S/C16H25N3O/c1-11-14(17-2)18-15(13-8-9-13)19-16(11)20-10-12-6-4-3-5-7-12/h12-13H,3-10H2,1-2H3,(H,17,18,19). The fourth-order valence-electron chi connectivity index (χ4n) is 2.97. The lowest BCUT2D eigenvalue weighted by atomic mass is 9.90. The van der Waals surface area contributed by atoms with Crippen LogP contribution in [-0.4, -0.2) is 23.6 Å². The fraction of sp³-hybridized carbons (Fsp3) is 0.750. The summed E-state index contributed by atoms with van der Waals surface area (Å²) in [6, 6.07) is 0. The number of ether oxygens (including phenoxy) is 1. The summed E-state index contributed by atoms with van der Waals surface area (Å²) >= 11 is 0. The van der Waals surface area contributed by atoms with Crippen LogP contribution in [0, 0.1) is 12.8 Å². The van der Waals surface area contributed by atoms with Crippen LogP contribution in [0.5, 0.6) is 5.88 Å². The van der Waals surface area contributed by atoms with E-state index in [4.69, 9.17) is 4.74 Å². The van der Waals surface area contributed by atoms with E-state index < -0.39 is 0 Å². The Kier molecular flexibility index (Phi) is 4.08. The third kappa shape index (κ3) is 3.05. The zero-order valence-electron chi connectivity index (χ0n) is 12.6. The topological polar surface area (TPSA) is 47.0 Å². The molecule has 20 heavy (non-hydrogen) atoms. The summed E-state index contributed by atoms with van der Waals surface area (Å²) in [5, 5.41) is 3.17. The molecule has 1 N–H and O–H groups in total. The molecule has 0 saturated heterocycles. The summed E-state index contributed by atoms with van der Waals surface area (Å²) in [6.07, 6.45) is 9.13. The predicted octanol–water partition coefficient (Wildman–Crippen LogP) is 3.66. The van der Waals surface area contributed by atoms with Crippen molar-refractivity contribution < 1.29 is 4.74 Å². The molecule has 0 spiro atoms. The van der Waals surface area contributed by atoms with Crippen molar-refractivity contribution in [3.05, 3.63) is 11.4 Å². The number of hydrogen-bond acceptors (Lipinski definition) is 4. The van der Waals surface area contributed by atoms with Gasteiger partial charge in [-0.05, 0) is 38.5 Å². The highest BCUT2D eigenvalue weighted by Crippen LogP contribution is 2.40. The van der Waals surface area contributed by atoms with Crippen LogP contribution in [-0.2, 0) is 0 Å². The first-order valence-corrected chi connectivity index (χ1v) is 7.97. The molecule has 0 bridgehead atoms. The van der Waals surface area contributed by atoms with Crippen LogP contribution in [0.4, 0.5) is 5.82 Å². The third-order valence-electron chi connectivity index (χ3n) is 4.48. The Morgan fingerprint density at radius 1 is 1.10 bits per heavy atom. The predicted molar refractivity (Wildman–Crippen MR) is 80.4 cm³/mol. The molecular weight excluding hydrogens is 250 g/mol. The first-order valence-electron chi connectivity index (χ1n) is 7.97. The number of aromatic nitrogens is 2. The number of hydrogen-bond donors (Lipinski definition) is 1. The van der Waals surface area contributed by atoms with E-state index in [0.29, 0.717) is 11.8 Å². The van der Waals surface area contributed by atoms with Crippen LogP contribution in [0.2, 0.25) is 0 Å². The second-order valence-electron chi connectivity index (χ2n) is 6.20. The van der Waals surface area contributed by atoms with E-state index in [0.717, 1.165) is 29.7 Å². The van der Waals surface area contributed by atoms with Gasteiger partial charge in [0.2, 0.25) is 5.88 Å². The Balaban J connectivity index is 1.71. The van der Waals surface area contributed by atoms with Gasteiger partial charge in [-0.25, -0.2) is 4.98 Å². The molecule has 0 radical (unpaired) electrons. The van der Waals surface area contributed by atoms with Crippen LogP contribution in [0.25, 0.3) is 0 Å². The minimum Gasteiger partial charge on any atom is -0.477 e. The van der Waals surface area contributed by atoms with Gasteiger partial charge in [0.1, 0.15) is 11.6 Å². The Morgan fingerprint density at radius 2 is 1.85 bits per heavy atom. The fourth-order valence-corrected chi connectivity index (χ4v) is 2.97. The van der Waals surface area contributed by atoms with Crippen LogP contribution in [0.3, 0.4) is 0 Å². The zero-order valence-corrected chi connectivity index (χ0v) is 12.6. The van der Waals surface area contributed by atoms with Crippen LogP contribution in [0.15, 0.2) is 0 Å². The van der Waals surface area contributed by atoms with Crippen LogP contribution < -0.4 is 10.1 Å². The van der Waals surface area contributed by atoms with Crippen molar-refractivity contribution >= 4 is 5.82 Å². The van der Waals surface area contributed by atoms with Gasteiger partial charge in [-0.2, -0.15) is 4.98 Å². The molecule has 1 heterocycles. The summed E-state index contributed by atoms with van der Waals surface area (Å²) in [7, 11) is 1.91. The molecule has 0 amide bonds. The highest BCUT2D eigenvalue weighted by atomic mass is 16.5. The van der Waals surface area contributed by atoms with Crippen LogP contribution >= 0.6 is 0 Å². The summed E-state index contributed by atoms with van der Waals surface area (Å²) in [4.78, 5) is 9.26. The lowest BCUT2D eigenvalue weighted by Gasteiger charge is -2.22. The Labute approximate surface area is 121 Å². The van der Waals surface area contributed by atoms with Crippen molar-refractivity contribution in [1.29, 1.82) is 0 Å². The summed E-state index contributed by atoms with van der Waals surface area (Å²) < 4.78 is 6.05. The molecule has 4 heteroatoms. The van der Waals surface area contributed by atoms with Gasteiger partial charge in [-0.15, -0.1) is 0 Å². The van der Waals surface area contributed by atoms with Crippen molar-refractivity contribution in [3.63, 3.8) is 0 Å². The molecule has 3 rings (SSSR count). The molecule has 0 atom stereocenters. The maximum Gasteiger partial charge on any atom is 0.221 e. The molecule has 2 aliphatic rings. The lowest BCUT2D eigenvalue weighted by Crippen LogP contribution is -2.17. The summed E-state index contributed by atoms with van der Waals surface area (Å²) in [5.41, 5.74) is 1.03. The molecule has 2 fully saturated rings. The SMILES string of the molecule is CNc1nc(C2CC2)nc(OCC2CCCCC2)c1C. The monoisotopic (exact) mass is 275 g/mol. The smallest absolute Gasteiger partial charge is 0.221 e. The molecule has 1 aromatic rings. The van der Waals surface area contributed by atoms with Crippen molar-refractivity contribution in [3.8, 4) is 5.88 Å². The Morgan fingerprint density at radius 3 is 2.50 bits per heavy atom. The Hall–Kier alpha value is -1.32. The normalized spacial score (nSPS) is 19.9. The first-order chi connectivity index (χ1) is 9.78. The molecule has 2 aliphatic carbocycles. The molecule has 0 aromatic carbocycles. The van der Waals surface area contributed by atoms with Gasteiger partial charge >= 0.3 is 0 Å². The number of rotatable bonds is 5. The van der Waals surface area contributed by atoms with E-state index in [1.54, 1.807) is 0 Å². The quantitative estimate of drug-likeness (QED) is 0.890.